The number of hydrogen-bond acceptors (Lipinski definition) is 3. The number of H-pyrrole nitrogens is 1. The largest absolute Gasteiger partial charge is 0.347 e. The minimum absolute atomic E-state index is 0.142. The van der Waals surface area contributed by atoms with E-state index < -0.39 is 6.04 Å². The SMILES string of the molecule is CC(C)CC(NC(=O)c1ccc(=O)[nH]c1)C(=O)N(C)C. The third kappa shape index (κ3) is 4.53. The van der Waals surface area contributed by atoms with Gasteiger partial charge in [-0.15, -0.1) is 0 Å². The molecular formula is C14H21N3O3. The molecule has 110 valence electrons. The van der Waals surface area contributed by atoms with E-state index in [2.05, 4.69) is 10.3 Å². The maximum Gasteiger partial charge on any atom is 0.253 e. The van der Waals surface area contributed by atoms with E-state index in [1.54, 1.807) is 14.1 Å². The molecule has 0 saturated carbocycles. The standard InChI is InChI=1S/C14H21N3O3/c1-9(2)7-11(14(20)17(3)4)16-13(19)10-5-6-12(18)15-8-10/h5-6,8-9,11H,7H2,1-4H3,(H,15,18)(H,16,19). The number of carbonyl (C=O) groups excluding carboxylic acids is 2. The van der Waals surface area contributed by atoms with Crippen molar-refractivity contribution in [1.29, 1.82) is 0 Å². The van der Waals surface area contributed by atoms with E-state index in [-0.39, 0.29) is 23.3 Å². The molecule has 0 aliphatic rings. The van der Waals surface area contributed by atoms with Gasteiger partial charge in [-0.1, -0.05) is 13.8 Å². The van der Waals surface area contributed by atoms with Crippen molar-refractivity contribution in [2.75, 3.05) is 14.1 Å². The monoisotopic (exact) mass is 279 g/mol. The first-order valence-electron chi connectivity index (χ1n) is 6.52. The highest BCUT2D eigenvalue weighted by molar-refractivity contribution is 5.97. The van der Waals surface area contributed by atoms with Crippen LogP contribution >= 0.6 is 0 Å². The van der Waals surface area contributed by atoms with E-state index in [0.717, 1.165) is 0 Å². The maximum atomic E-state index is 12.1. The zero-order valence-electron chi connectivity index (χ0n) is 12.3. The van der Waals surface area contributed by atoms with Crippen LogP contribution in [0.4, 0.5) is 0 Å². The molecule has 0 saturated heterocycles. The van der Waals surface area contributed by atoms with Crippen LogP contribution in [0.2, 0.25) is 0 Å². The van der Waals surface area contributed by atoms with Gasteiger partial charge in [-0.05, 0) is 18.4 Å². The van der Waals surface area contributed by atoms with Crippen LogP contribution in [0.25, 0.3) is 0 Å². The molecule has 2 N–H and O–H groups in total. The minimum Gasteiger partial charge on any atom is -0.347 e. The van der Waals surface area contributed by atoms with Crippen LogP contribution in [-0.4, -0.2) is 41.8 Å². The van der Waals surface area contributed by atoms with Crippen molar-refractivity contribution in [2.45, 2.75) is 26.3 Å². The highest BCUT2D eigenvalue weighted by Gasteiger charge is 2.23. The molecule has 0 spiro atoms. The summed E-state index contributed by atoms with van der Waals surface area (Å²) in [4.78, 5) is 39.0. The summed E-state index contributed by atoms with van der Waals surface area (Å²) in [6.07, 6.45) is 1.90. The average Bonchev–Trinajstić information content (AvgIpc) is 2.37. The molecule has 0 aliphatic carbocycles. The lowest BCUT2D eigenvalue weighted by Crippen LogP contribution is -2.47. The Morgan fingerprint density at radius 3 is 2.40 bits per heavy atom. The first-order chi connectivity index (χ1) is 9.31. The van der Waals surface area contributed by atoms with E-state index in [9.17, 15) is 14.4 Å². The molecule has 1 aromatic heterocycles. The zero-order chi connectivity index (χ0) is 15.3. The molecule has 20 heavy (non-hydrogen) atoms. The van der Waals surface area contributed by atoms with Gasteiger partial charge in [0.2, 0.25) is 11.5 Å². The minimum atomic E-state index is -0.565. The number of pyridine rings is 1. The third-order valence-corrected chi connectivity index (χ3v) is 2.80. The summed E-state index contributed by atoms with van der Waals surface area (Å²) in [5, 5.41) is 2.71. The van der Waals surface area contributed by atoms with Crippen molar-refractivity contribution in [3.63, 3.8) is 0 Å². The van der Waals surface area contributed by atoms with E-state index >= 15 is 0 Å². The van der Waals surface area contributed by atoms with Gasteiger partial charge in [0.25, 0.3) is 5.91 Å². The number of nitrogens with zero attached hydrogens (tertiary/aromatic N) is 1. The molecule has 1 rings (SSSR count). The molecule has 1 heterocycles. The summed E-state index contributed by atoms with van der Waals surface area (Å²) in [5.74, 6) is -0.238. The molecule has 2 amide bonds. The lowest BCUT2D eigenvalue weighted by molar-refractivity contribution is -0.131. The van der Waals surface area contributed by atoms with Crippen molar-refractivity contribution >= 4 is 11.8 Å². The highest BCUT2D eigenvalue weighted by Crippen LogP contribution is 2.08. The van der Waals surface area contributed by atoms with Crippen LogP contribution < -0.4 is 10.9 Å². The van der Waals surface area contributed by atoms with Crippen LogP contribution in [0.3, 0.4) is 0 Å². The lowest BCUT2D eigenvalue weighted by Gasteiger charge is -2.23. The summed E-state index contributed by atoms with van der Waals surface area (Å²) < 4.78 is 0. The summed E-state index contributed by atoms with van der Waals surface area (Å²) in [5.41, 5.74) is 0.0505. The fourth-order valence-corrected chi connectivity index (χ4v) is 1.80. The number of amides is 2. The van der Waals surface area contributed by atoms with Gasteiger partial charge in [0.1, 0.15) is 6.04 Å². The Balaban J connectivity index is 2.83. The number of hydrogen-bond donors (Lipinski definition) is 2. The summed E-state index contributed by atoms with van der Waals surface area (Å²) >= 11 is 0. The summed E-state index contributed by atoms with van der Waals surface area (Å²) in [6.45, 7) is 3.98. The van der Waals surface area contributed by atoms with Gasteiger partial charge in [-0.3, -0.25) is 14.4 Å². The fourth-order valence-electron chi connectivity index (χ4n) is 1.80. The first-order valence-corrected chi connectivity index (χ1v) is 6.52. The molecule has 0 radical (unpaired) electrons. The molecule has 0 aromatic carbocycles. The summed E-state index contributed by atoms with van der Waals surface area (Å²) in [6, 6.07) is 2.14. The molecule has 0 fully saturated rings. The highest BCUT2D eigenvalue weighted by atomic mass is 16.2. The van der Waals surface area contributed by atoms with Crippen molar-refractivity contribution in [1.82, 2.24) is 15.2 Å². The van der Waals surface area contributed by atoms with Gasteiger partial charge in [-0.25, -0.2) is 0 Å². The molecule has 1 atom stereocenters. The number of aromatic amines is 1. The second-order valence-corrected chi connectivity index (χ2v) is 5.33. The predicted molar refractivity (Wildman–Crippen MR) is 76.5 cm³/mol. The smallest absolute Gasteiger partial charge is 0.253 e. The molecule has 6 nitrogen and oxygen atoms in total. The number of nitrogens with one attached hydrogen (secondary N) is 2. The zero-order valence-corrected chi connectivity index (χ0v) is 12.3. The van der Waals surface area contributed by atoms with E-state index in [1.807, 2.05) is 13.8 Å². The fraction of sp³-hybridized carbons (Fsp3) is 0.500. The molecule has 1 aromatic rings. The van der Waals surface area contributed by atoms with Crippen LogP contribution in [0, 0.1) is 5.92 Å². The van der Waals surface area contributed by atoms with Gasteiger partial charge >= 0.3 is 0 Å². The first kappa shape index (κ1) is 15.9. The summed E-state index contributed by atoms with van der Waals surface area (Å²) in [7, 11) is 3.31. The average molecular weight is 279 g/mol. The van der Waals surface area contributed by atoms with E-state index in [0.29, 0.717) is 12.0 Å². The molecule has 1 unspecified atom stereocenters. The van der Waals surface area contributed by atoms with Crippen LogP contribution in [0.5, 0.6) is 0 Å². The number of likely N-dealkylation sites (N-methyl/N-ethyl adjacent to an activating group) is 1. The second-order valence-electron chi connectivity index (χ2n) is 5.33. The Hall–Kier alpha value is -2.11. The Morgan fingerprint density at radius 2 is 1.95 bits per heavy atom. The van der Waals surface area contributed by atoms with E-state index in [1.165, 1.54) is 23.2 Å². The van der Waals surface area contributed by atoms with Crippen molar-refractivity contribution in [2.24, 2.45) is 5.92 Å². The molecule has 6 heteroatoms. The van der Waals surface area contributed by atoms with Gasteiger partial charge < -0.3 is 15.2 Å². The number of carbonyl (C=O) groups is 2. The normalized spacial score (nSPS) is 12.1. The van der Waals surface area contributed by atoms with Crippen LogP contribution in [0.1, 0.15) is 30.6 Å². The number of aromatic nitrogens is 1. The van der Waals surface area contributed by atoms with Gasteiger partial charge in [0.05, 0.1) is 5.56 Å². The van der Waals surface area contributed by atoms with Crippen LogP contribution in [-0.2, 0) is 4.79 Å². The lowest BCUT2D eigenvalue weighted by atomic mass is 10.0. The predicted octanol–water partition coefficient (Wildman–Crippen LogP) is 0.608. The third-order valence-electron chi connectivity index (χ3n) is 2.80. The van der Waals surface area contributed by atoms with Gasteiger partial charge in [-0.2, -0.15) is 0 Å². The second kappa shape index (κ2) is 6.88. The van der Waals surface area contributed by atoms with Gasteiger partial charge in [0, 0.05) is 26.4 Å². The van der Waals surface area contributed by atoms with Crippen molar-refractivity contribution < 1.29 is 9.59 Å². The van der Waals surface area contributed by atoms with Crippen molar-refractivity contribution in [3.05, 3.63) is 34.2 Å². The quantitative estimate of drug-likeness (QED) is 0.828. The Morgan fingerprint density at radius 1 is 1.30 bits per heavy atom. The molecule has 0 bridgehead atoms. The molecule has 0 aliphatic heterocycles. The van der Waals surface area contributed by atoms with Crippen LogP contribution in [0.15, 0.2) is 23.1 Å². The number of rotatable bonds is 5. The topological polar surface area (TPSA) is 82.3 Å². The Bertz CT molecular complexity index is 514. The Labute approximate surface area is 118 Å². The molecular weight excluding hydrogens is 258 g/mol. The van der Waals surface area contributed by atoms with Gasteiger partial charge in [0.15, 0.2) is 0 Å². The Kier molecular flexibility index (Phi) is 5.49. The van der Waals surface area contributed by atoms with Crippen molar-refractivity contribution in [3.8, 4) is 0 Å². The van der Waals surface area contributed by atoms with E-state index in [4.69, 9.17) is 0 Å². The maximum absolute atomic E-state index is 12.1.